The van der Waals surface area contributed by atoms with Crippen LogP contribution in [0.3, 0.4) is 0 Å². The molecule has 128 valence electrons. The van der Waals surface area contributed by atoms with E-state index in [1.807, 2.05) is 18.5 Å². The molecule has 1 aliphatic carbocycles. The Morgan fingerprint density at radius 3 is 2.70 bits per heavy atom. The highest BCUT2D eigenvalue weighted by Gasteiger charge is 2.29. The molecular weight excluding hydrogens is 308 g/mol. The summed E-state index contributed by atoms with van der Waals surface area (Å²) in [6.45, 7) is 8.06. The maximum atomic E-state index is 12.6. The zero-order valence-corrected chi connectivity index (χ0v) is 15.0. The van der Waals surface area contributed by atoms with Gasteiger partial charge in [0.05, 0.1) is 6.04 Å². The molecule has 1 N–H and O–H groups in total. The number of piperazine rings is 1. The van der Waals surface area contributed by atoms with Crippen LogP contribution in [0.4, 0.5) is 5.13 Å². The lowest BCUT2D eigenvalue weighted by molar-refractivity contribution is -0.127. The lowest BCUT2D eigenvalue weighted by Crippen LogP contribution is -2.55. The maximum absolute atomic E-state index is 12.6. The van der Waals surface area contributed by atoms with E-state index in [-0.39, 0.29) is 11.9 Å². The van der Waals surface area contributed by atoms with Crippen LogP contribution in [0.2, 0.25) is 0 Å². The molecule has 1 aliphatic heterocycles. The van der Waals surface area contributed by atoms with E-state index >= 15 is 0 Å². The average Bonchev–Trinajstić information content (AvgIpc) is 3.11. The van der Waals surface area contributed by atoms with Gasteiger partial charge in [-0.2, -0.15) is 0 Å². The highest BCUT2D eigenvalue weighted by molar-refractivity contribution is 7.13. The molecule has 2 heterocycles. The molecule has 0 radical (unpaired) electrons. The molecule has 1 saturated heterocycles. The predicted molar refractivity (Wildman–Crippen MR) is 94.9 cm³/mol. The molecule has 23 heavy (non-hydrogen) atoms. The van der Waals surface area contributed by atoms with Crippen molar-refractivity contribution in [1.82, 2.24) is 15.2 Å². The van der Waals surface area contributed by atoms with E-state index in [1.165, 1.54) is 19.3 Å². The Kier molecular flexibility index (Phi) is 5.54. The second kappa shape index (κ2) is 7.62. The van der Waals surface area contributed by atoms with E-state index in [9.17, 15) is 4.79 Å². The van der Waals surface area contributed by atoms with Crippen molar-refractivity contribution < 1.29 is 4.79 Å². The van der Waals surface area contributed by atoms with Crippen LogP contribution in [0.5, 0.6) is 0 Å². The number of hydrogen-bond acceptors (Lipinski definition) is 5. The summed E-state index contributed by atoms with van der Waals surface area (Å²) in [5.41, 5.74) is 0. The molecule has 1 saturated carbocycles. The number of amides is 1. The highest BCUT2D eigenvalue weighted by atomic mass is 32.1. The van der Waals surface area contributed by atoms with Crippen molar-refractivity contribution in [3.8, 4) is 0 Å². The van der Waals surface area contributed by atoms with Crippen molar-refractivity contribution in [3.63, 3.8) is 0 Å². The number of carbonyl (C=O) groups excluding carboxylic acids is 1. The Hall–Kier alpha value is -1.14. The largest absolute Gasteiger partial charge is 0.352 e. The summed E-state index contributed by atoms with van der Waals surface area (Å²) in [7, 11) is 0. The fourth-order valence-corrected chi connectivity index (χ4v) is 4.37. The Morgan fingerprint density at radius 2 is 2.04 bits per heavy atom. The number of thiazole rings is 1. The summed E-state index contributed by atoms with van der Waals surface area (Å²) >= 11 is 1.69. The molecule has 0 unspecified atom stereocenters. The first kappa shape index (κ1) is 16.7. The van der Waals surface area contributed by atoms with Crippen molar-refractivity contribution in [2.24, 2.45) is 5.92 Å². The number of carbonyl (C=O) groups is 1. The van der Waals surface area contributed by atoms with Crippen LogP contribution >= 0.6 is 11.3 Å². The monoisotopic (exact) mass is 336 g/mol. The number of nitrogens with zero attached hydrogens (tertiary/aromatic N) is 3. The molecule has 3 rings (SSSR count). The number of aromatic nitrogens is 1. The minimum absolute atomic E-state index is 0.0393. The molecule has 1 aromatic rings. The topological polar surface area (TPSA) is 48.5 Å². The van der Waals surface area contributed by atoms with E-state index in [2.05, 4.69) is 27.0 Å². The summed E-state index contributed by atoms with van der Waals surface area (Å²) < 4.78 is 0. The zero-order valence-electron chi connectivity index (χ0n) is 14.2. The van der Waals surface area contributed by atoms with Gasteiger partial charge >= 0.3 is 0 Å². The van der Waals surface area contributed by atoms with Gasteiger partial charge in [-0.15, -0.1) is 11.3 Å². The molecule has 0 bridgehead atoms. The Bertz CT molecular complexity index is 499. The summed E-state index contributed by atoms with van der Waals surface area (Å²) in [5, 5.41) is 6.41. The Balaban J connectivity index is 1.48. The van der Waals surface area contributed by atoms with Crippen molar-refractivity contribution >= 4 is 22.4 Å². The zero-order chi connectivity index (χ0) is 16.2. The molecule has 6 heteroatoms. The van der Waals surface area contributed by atoms with Gasteiger partial charge in [-0.25, -0.2) is 4.98 Å². The van der Waals surface area contributed by atoms with Gasteiger partial charge in [-0.3, -0.25) is 9.69 Å². The van der Waals surface area contributed by atoms with Gasteiger partial charge < -0.3 is 10.2 Å². The van der Waals surface area contributed by atoms with Crippen LogP contribution in [0.25, 0.3) is 0 Å². The minimum Gasteiger partial charge on any atom is -0.352 e. The summed E-state index contributed by atoms with van der Waals surface area (Å²) in [4.78, 5) is 21.6. The lowest BCUT2D eigenvalue weighted by atomic mass is 9.86. The van der Waals surface area contributed by atoms with Gasteiger partial charge in [-0.05, 0) is 25.7 Å². The molecule has 3 atom stereocenters. The Labute approximate surface area is 143 Å². The molecule has 0 aromatic carbocycles. The van der Waals surface area contributed by atoms with Crippen LogP contribution in [0.15, 0.2) is 11.6 Å². The number of rotatable bonds is 4. The van der Waals surface area contributed by atoms with Crippen LogP contribution in [0, 0.1) is 5.92 Å². The van der Waals surface area contributed by atoms with E-state index in [1.54, 1.807) is 11.3 Å². The fraction of sp³-hybridized carbons (Fsp3) is 0.765. The average molecular weight is 337 g/mol. The number of hydrogen-bond donors (Lipinski definition) is 1. The fourth-order valence-electron chi connectivity index (χ4n) is 3.67. The first-order valence-corrected chi connectivity index (χ1v) is 9.72. The minimum atomic E-state index is -0.0393. The van der Waals surface area contributed by atoms with E-state index < -0.39 is 0 Å². The molecule has 2 fully saturated rings. The van der Waals surface area contributed by atoms with Gasteiger partial charge in [0.15, 0.2) is 5.13 Å². The molecule has 1 aromatic heterocycles. The van der Waals surface area contributed by atoms with Gasteiger partial charge in [0, 0.05) is 43.8 Å². The number of anilines is 1. The summed E-state index contributed by atoms with van der Waals surface area (Å²) in [6.07, 6.45) is 6.79. The van der Waals surface area contributed by atoms with Crippen LogP contribution in [-0.4, -0.2) is 54.1 Å². The quantitative estimate of drug-likeness (QED) is 0.917. The van der Waals surface area contributed by atoms with E-state index in [0.717, 1.165) is 37.7 Å². The lowest BCUT2D eigenvalue weighted by Gasteiger charge is -2.38. The maximum Gasteiger partial charge on any atom is 0.237 e. The van der Waals surface area contributed by atoms with Gasteiger partial charge in [-0.1, -0.05) is 19.8 Å². The van der Waals surface area contributed by atoms with E-state index in [0.29, 0.717) is 12.0 Å². The first-order valence-electron chi connectivity index (χ1n) is 8.84. The molecule has 2 aliphatic rings. The third-order valence-electron chi connectivity index (χ3n) is 5.37. The van der Waals surface area contributed by atoms with Crippen molar-refractivity contribution in [1.29, 1.82) is 0 Å². The van der Waals surface area contributed by atoms with Gasteiger partial charge in [0.2, 0.25) is 5.91 Å². The SMILES string of the molecule is C[C@@H]1CCCC[C@@H]1NC(=O)[C@@H](C)N1CCN(c2nccs2)CC1. The third-order valence-corrected chi connectivity index (χ3v) is 6.20. The Morgan fingerprint density at radius 1 is 1.30 bits per heavy atom. The molecular formula is C17H28N4OS. The summed E-state index contributed by atoms with van der Waals surface area (Å²) in [6, 6.07) is 0.331. The first-order chi connectivity index (χ1) is 11.1. The summed E-state index contributed by atoms with van der Waals surface area (Å²) in [5.74, 6) is 0.813. The molecule has 0 spiro atoms. The molecule has 5 nitrogen and oxygen atoms in total. The van der Waals surface area contributed by atoms with Crippen LogP contribution < -0.4 is 10.2 Å². The van der Waals surface area contributed by atoms with Crippen molar-refractivity contribution in [2.45, 2.75) is 51.6 Å². The van der Waals surface area contributed by atoms with E-state index in [4.69, 9.17) is 0 Å². The van der Waals surface area contributed by atoms with Gasteiger partial charge in [0.1, 0.15) is 0 Å². The smallest absolute Gasteiger partial charge is 0.237 e. The van der Waals surface area contributed by atoms with Crippen LogP contribution in [0.1, 0.15) is 39.5 Å². The normalized spacial score (nSPS) is 27.7. The standard InChI is InChI=1S/C17H28N4OS/c1-13-5-3-4-6-15(13)19-16(22)14(2)20-8-10-21(11-9-20)17-18-7-12-23-17/h7,12-15H,3-6,8-11H2,1-2H3,(H,19,22)/t13-,14-,15+/m1/s1. The van der Waals surface area contributed by atoms with Crippen LogP contribution in [-0.2, 0) is 4.79 Å². The number of nitrogens with one attached hydrogen (secondary N) is 1. The second-order valence-corrected chi connectivity index (χ2v) is 7.76. The predicted octanol–water partition coefficient (Wildman–Crippen LogP) is 2.35. The second-order valence-electron chi connectivity index (χ2n) is 6.89. The van der Waals surface area contributed by atoms with Gasteiger partial charge in [0.25, 0.3) is 0 Å². The van der Waals surface area contributed by atoms with Crippen molar-refractivity contribution in [3.05, 3.63) is 11.6 Å². The van der Waals surface area contributed by atoms with Crippen molar-refractivity contribution in [2.75, 3.05) is 31.1 Å². The molecule has 1 amide bonds. The highest BCUT2D eigenvalue weighted by Crippen LogP contribution is 2.24. The third kappa shape index (κ3) is 4.04.